The van der Waals surface area contributed by atoms with Crippen LogP contribution >= 0.6 is 33.8 Å². The van der Waals surface area contributed by atoms with Crippen LogP contribution in [0.3, 0.4) is 0 Å². The van der Waals surface area contributed by atoms with Crippen LogP contribution in [0.4, 0.5) is 0 Å². The zero-order valence-electron chi connectivity index (χ0n) is 10.9. The Labute approximate surface area is 123 Å². The Balaban J connectivity index is 2.89. The van der Waals surface area contributed by atoms with E-state index >= 15 is 0 Å². The summed E-state index contributed by atoms with van der Waals surface area (Å²) in [5, 5.41) is 0. The van der Waals surface area contributed by atoms with Crippen molar-refractivity contribution in [1.82, 2.24) is 0 Å². The van der Waals surface area contributed by atoms with Crippen LogP contribution in [-0.2, 0) is 0 Å². The second kappa shape index (κ2) is 15.1. The van der Waals surface area contributed by atoms with Gasteiger partial charge in [0.25, 0.3) is 0 Å². The van der Waals surface area contributed by atoms with Crippen molar-refractivity contribution in [2.75, 3.05) is 5.88 Å². The molecule has 0 aliphatic rings. The highest BCUT2D eigenvalue weighted by molar-refractivity contribution is 7.33. The largest absolute Gasteiger partial charge is 0.237 e. The van der Waals surface area contributed by atoms with E-state index < -0.39 is 7.42 Å². The topological polar surface area (TPSA) is 0 Å². The van der Waals surface area contributed by atoms with Crippen molar-refractivity contribution >= 4 is 41.2 Å². The summed E-state index contributed by atoms with van der Waals surface area (Å²) in [4.78, 5) is 0. The third-order valence-corrected chi connectivity index (χ3v) is 5.48. The van der Waals surface area contributed by atoms with Gasteiger partial charge < -0.3 is 0 Å². The zero-order valence-corrected chi connectivity index (χ0v) is 14.3. The highest BCUT2D eigenvalue weighted by Crippen LogP contribution is 2.14. The van der Waals surface area contributed by atoms with Gasteiger partial charge in [0, 0.05) is 5.88 Å². The Kier molecular flexibility index (Phi) is 16.1. The fourth-order valence-corrected chi connectivity index (χ4v) is 3.70. The predicted octanol–water partition coefficient (Wildman–Crippen LogP) is 6.21. The highest BCUT2D eigenvalue weighted by Gasteiger charge is 2.00. The summed E-state index contributed by atoms with van der Waals surface area (Å²) in [7, 11) is -1.32. The number of rotatable bonds is 13. The Bertz CT molecular complexity index is 143. The van der Waals surface area contributed by atoms with Crippen molar-refractivity contribution in [3.63, 3.8) is 0 Å². The van der Waals surface area contributed by atoms with E-state index in [1.165, 1.54) is 70.6 Å². The van der Waals surface area contributed by atoms with Crippen molar-refractivity contribution in [3.8, 4) is 0 Å². The van der Waals surface area contributed by atoms with Gasteiger partial charge in [0.05, 0.1) is 0 Å². The second-order valence-corrected chi connectivity index (χ2v) is 10.3. The normalized spacial score (nSPS) is 11.3. The minimum Gasteiger partial charge on any atom is -0.150 e. The first-order chi connectivity index (χ1) is 8.27. The summed E-state index contributed by atoms with van der Waals surface area (Å²) < 4.78 is 0. The van der Waals surface area contributed by atoms with E-state index in [0.29, 0.717) is 0 Å². The lowest BCUT2D eigenvalue weighted by Gasteiger charge is -2.02. The number of unbranched alkanes of at least 4 members (excludes halogenated alkanes) is 10. The first-order valence-electron chi connectivity index (χ1n) is 7.11. The number of hydrogen-bond acceptors (Lipinski definition) is 0. The third-order valence-electron chi connectivity index (χ3n) is 3.06. The molecule has 0 fully saturated rings. The Morgan fingerprint density at radius 1 is 0.529 bits per heavy atom. The standard InChI is InChI=1S/C13H27Cl3Si/c14-12-10-8-6-4-2-1-3-5-7-9-11-13-17(15)16/h17H,1-13H2. The smallest absolute Gasteiger partial charge is 0.150 e. The van der Waals surface area contributed by atoms with Gasteiger partial charge in [-0.25, -0.2) is 0 Å². The molecular weight excluding hydrogens is 291 g/mol. The highest BCUT2D eigenvalue weighted by atomic mass is 35.7. The minimum absolute atomic E-state index is 0.828. The average Bonchev–Trinajstić information content (AvgIpc) is 2.30. The molecule has 0 atom stereocenters. The predicted molar refractivity (Wildman–Crippen MR) is 85.2 cm³/mol. The molecule has 0 aromatic carbocycles. The molecule has 0 spiro atoms. The Morgan fingerprint density at radius 3 is 1.24 bits per heavy atom. The van der Waals surface area contributed by atoms with E-state index in [0.717, 1.165) is 11.9 Å². The fraction of sp³-hybridized carbons (Fsp3) is 1.00. The Morgan fingerprint density at radius 2 is 0.882 bits per heavy atom. The molecule has 0 aliphatic heterocycles. The molecule has 0 radical (unpaired) electrons. The van der Waals surface area contributed by atoms with Crippen LogP contribution in [-0.4, -0.2) is 13.3 Å². The van der Waals surface area contributed by atoms with Gasteiger partial charge in [0.15, 0.2) is 0 Å². The van der Waals surface area contributed by atoms with Gasteiger partial charge in [0.1, 0.15) is 0 Å². The molecule has 0 N–H and O–H groups in total. The van der Waals surface area contributed by atoms with Gasteiger partial charge >= 0.3 is 0 Å². The fourth-order valence-electron chi connectivity index (χ4n) is 1.98. The monoisotopic (exact) mass is 316 g/mol. The lowest BCUT2D eigenvalue weighted by atomic mass is 10.1. The maximum Gasteiger partial charge on any atom is 0.237 e. The summed E-state index contributed by atoms with van der Waals surface area (Å²) in [5.41, 5.74) is 0. The molecule has 0 saturated heterocycles. The van der Waals surface area contributed by atoms with Crippen molar-refractivity contribution in [3.05, 3.63) is 0 Å². The SMILES string of the molecule is ClCCCCCCCCCCCCC[SiH](Cl)Cl. The number of hydrogen-bond donors (Lipinski definition) is 0. The molecule has 0 amide bonds. The summed E-state index contributed by atoms with van der Waals surface area (Å²) in [6, 6.07) is 1.09. The van der Waals surface area contributed by atoms with Gasteiger partial charge in [0.2, 0.25) is 7.42 Å². The van der Waals surface area contributed by atoms with E-state index in [1.54, 1.807) is 0 Å². The molecule has 0 unspecified atom stereocenters. The number of halogens is 3. The summed E-state index contributed by atoms with van der Waals surface area (Å²) in [6.07, 6.45) is 14.8. The molecule has 17 heavy (non-hydrogen) atoms. The van der Waals surface area contributed by atoms with Crippen LogP contribution in [0.5, 0.6) is 0 Å². The quantitative estimate of drug-likeness (QED) is 0.164. The van der Waals surface area contributed by atoms with Crippen LogP contribution < -0.4 is 0 Å². The van der Waals surface area contributed by atoms with Crippen LogP contribution in [0, 0.1) is 0 Å². The molecule has 0 saturated carbocycles. The maximum absolute atomic E-state index is 5.81. The van der Waals surface area contributed by atoms with Crippen molar-refractivity contribution in [2.45, 2.75) is 76.7 Å². The second-order valence-electron chi connectivity index (χ2n) is 4.76. The van der Waals surface area contributed by atoms with Gasteiger partial charge in [-0.1, -0.05) is 64.2 Å². The summed E-state index contributed by atoms with van der Waals surface area (Å²) >= 11 is 17.2. The van der Waals surface area contributed by atoms with Crippen LogP contribution in [0.25, 0.3) is 0 Å². The average molecular weight is 318 g/mol. The molecule has 4 heteroatoms. The van der Waals surface area contributed by atoms with Gasteiger partial charge in [-0.15, -0.1) is 11.6 Å². The van der Waals surface area contributed by atoms with Crippen LogP contribution in [0.2, 0.25) is 6.04 Å². The Hall–Kier alpha value is 1.09. The molecule has 104 valence electrons. The molecule has 0 rings (SSSR count). The van der Waals surface area contributed by atoms with Crippen molar-refractivity contribution in [1.29, 1.82) is 0 Å². The summed E-state index contributed by atoms with van der Waals surface area (Å²) in [5.74, 6) is 0.828. The first kappa shape index (κ1) is 18.1. The van der Waals surface area contributed by atoms with E-state index in [-0.39, 0.29) is 0 Å². The van der Waals surface area contributed by atoms with Gasteiger partial charge in [-0.2, -0.15) is 22.2 Å². The van der Waals surface area contributed by atoms with E-state index in [9.17, 15) is 0 Å². The molecule has 0 bridgehead atoms. The molecule has 0 heterocycles. The summed E-state index contributed by atoms with van der Waals surface area (Å²) in [6.45, 7) is 0. The molecule has 0 aromatic heterocycles. The minimum atomic E-state index is -1.32. The van der Waals surface area contributed by atoms with Crippen LogP contribution in [0.15, 0.2) is 0 Å². The third kappa shape index (κ3) is 17.1. The number of alkyl halides is 1. The molecule has 0 aliphatic carbocycles. The van der Waals surface area contributed by atoms with Gasteiger partial charge in [-0.05, 0) is 12.5 Å². The first-order valence-corrected chi connectivity index (χ1v) is 12.0. The molecule has 0 nitrogen and oxygen atoms in total. The van der Waals surface area contributed by atoms with Gasteiger partial charge in [-0.3, -0.25) is 0 Å². The van der Waals surface area contributed by atoms with Crippen molar-refractivity contribution in [2.24, 2.45) is 0 Å². The van der Waals surface area contributed by atoms with Crippen LogP contribution in [0.1, 0.15) is 70.6 Å². The van der Waals surface area contributed by atoms with E-state index in [4.69, 9.17) is 33.8 Å². The lowest BCUT2D eigenvalue weighted by molar-refractivity contribution is 0.554. The van der Waals surface area contributed by atoms with Crippen molar-refractivity contribution < 1.29 is 0 Å². The lowest BCUT2D eigenvalue weighted by Crippen LogP contribution is -1.91. The zero-order chi connectivity index (χ0) is 12.8. The van der Waals surface area contributed by atoms with E-state index in [1.807, 2.05) is 0 Å². The van der Waals surface area contributed by atoms with E-state index in [2.05, 4.69) is 0 Å². The molecular formula is C13H27Cl3Si. The maximum atomic E-state index is 5.81. The molecule has 0 aromatic rings.